The number of nitro groups is 3. The minimum atomic E-state index is -0.784. The van der Waals surface area contributed by atoms with E-state index in [1.54, 1.807) is 6.07 Å². The lowest BCUT2D eigenvalue weighted by Crippen LogP contribution is -1.99. The molecule has 180 valence electrons. The van der Waals surface area contributed by atoms with Crippen LogP contribution < -0.4 is 5.43 Å². The average molecular weight is 506 g/mol. The van der Waals surface area contributed by atoms with Crippen LogP contribution >= 0.6 is 11.8 Å². The second-order valence-corrected chi connectivity index (χ2v) is 8.01. The van der Waals surface area contributed by atoms with Crippen molar-refractivity contribution in [1.82, 2.24) is 15.2 Å². The molecule has 1 aromatic heterocycles. The number of rotatable bonds is 9. The van der Waals surface area contributed by atoms with E-state index in [2.05, 4.69) is 25.7 Å². The van der Waals surface area contributed by atoms with Crippen LogP contribution in [-0.4, -0.2) is 36.2 Å². The number of nitro benzene ring substituents is 3. The normalized spacial score (nSPS) is 10.9. The van der Waals surface area contributed by atoms with Crippen molar-refractivity contribution in [2.75, 3.05) is 5.43 Å². The molecule has 0 saturated heterocycles. The second-order valence-electron chi connectivity index (χ2n) is 7.00. The molecule has 0 bridgehead atoms. The Morgan fingerprint density at radius 1 is 0.889 bits per heavy atom. The third kappa shape index (κ3) is 5.48. The summed E-state index contributed by atoms with van der Waals surface area (Å²) in [6.07, 6.45) is 1.23. The fourth-order valence-electron chi connectivity index (χ4n) is 3.01. The van der Waals surface area contributed by atoms with Crippen LogP contribution in [0, 0.1) is 30.3 Å². The number of hydrogen-bond donors (Lipinski definition) is 2. The summed E-state index contributed by atoms with van der Waals surface area (Å²) in [7, 11) is 0. The topological polar surface area (TPSA) is 195 Å². The number of H-pyrrole nitrogens is 1. The van der Waals surface area contributed by atoms with Gasteiger partial charge >= 0.3 is 5.69 Å². The molecule has 0 fully saturated rings. The predicted octanol–water partition coefficient (Wildman–Crippen LogP) is 4.79. The number of benzene rings is 3. The summed E-state index contributed by atoms with van der Waals surface area (Å²) in [5.41, 5.74) is 2.31. The van der Waals surface area contributed by atoms with E-state index in [0.29, 0.717) is 21.4 Å². The molecule has 36 heavy (non-hydrogen) atoms. The van der Waals surface area contributed by atoms with Gasteiger partial charge in [-0.1, -0.05) is 36.4 Å². The molecule has 14 nitrogen and oxygen atoms in total. The first kappa shape index (κ1) is 24.0. The summed E-state index contributed by atoms with van der Waals surface area (Å²) in [4.78, 5) is 36.3. The van der Waals surface area contributed by atoms with E-state index < -0.39 is 26.1 Å². The van der Waals surface area contributed by atoms with Gasteiger partial charge in [-0.15, -0.1) is 5.10 Å². The molecule has 0 spiro atoms. The molecule has 0 aliphatic heterocycles. The summed E-state index contributed by atoms with van der Waals surface area (Å²) in [6.45, 7) is 0. The van der Waals surface area contributed by atoms with Crippen molar-refractivity contribution in [2.45, 2.75) is 10.1 Å². The Labute approximate surface area is 205 Å². The van der Waals surface area contributed by atoms with Gasteiger partial charge in [-0.25, -0.2) is 4.98 Å². The Balaban J connectivity index is 1.52. The van der Waals surface area contributed by atoms with E-state index in [1.807, 2.05) is 30.3 Å². The first-order valence-electron chi connectivity index (χ1n) is 9.98. The number of nitrogens with one attached hydrogen (secondary N) is 2. The van der Waals surface area contributed by atoms with Gasteiger partial charge in [0.05, 0.1) is 31.9 Å². The molecule has 4 aromatic rings. The molecule has 0 amide bonds. The standard InChI is InChI=1S/C21H14N8O6S/c30-27(31)15-7-8-16(17(11-15)28(32)33)24-22-12-13-6-9-19(18(10-13)29(34)35)36-21-23-20(25-26-21)14-4-2-1-3-5-14/h1-12,24H,(H,23,25,26)/b22-12-. The van der Waals surface area contributed by atoms with Crippen molar-refractivity contribution >= 4 is 40.7 Å². The maximum Gasteiger partial charge on any atom is 0.301 e. The van der Waals surface area contributed by atoms with Crippen LogP contribution in [0.25, 0.3) is 11.4 Å². The number of hydrazone groups is 1. The molecule has 4 rings (SSSR count). The lowest BCUT2D eigenvalue weighted by atomic mass is 10.2. The quantitative estimate of drug-likeness (QED) is 0.181. The lowest BCUT2D eigenvalue weighted by Gasteiger charge is -2.03. The zero-order valence-electron chi connectivity index (χ0n) is 18.0. The molecule has 0 aliphatic rings. The van der Waals surface area contributed by atoms with E-state index >= 15 is 0 Å². The minimum absolute atomic E-state index is 0.0812. The number of aromatic amines is 1. The monoisotopic (exact) mass is 506 g/mol. The molecule has 0 radical (unpaired) electrons. The van der Waals surface area contributed by atoms with Crippen molar-refractivity contribution in [1.29, 1.82) is 0 Å². The van der Waals surface area contributed by atoms with Crippen LogP contribution in [0.2, 0.25) is 0 Å². The van der Waals surface area contributed by atoms with Crippen LogP contribution in [0.15, 0.2) is 81.9 Å². The fourth-order valence-corrected chi connectivity index (χ4v) is 3.81. The number of hydrogen-bond acceptors (Lipinski definition) is 11. The van der Waals surface area contributed by atoms with Gasteiger partial charge in [-0.2, -0.15) is 5.10 Å². The number of aromatic nitrogens is 3. The SMILES string of the molecule is O=[N+]([O-])c1ccc(N/N=C\c2ccc(Sc3n[nH]c(-c4ccccc4)n3)c([N+](=O)[O-])c2)c([N+](=O)[O-])c1. The number of nitrogens with zero attached hydrogens (tertiary/aromatic N) is 6. The molecule has 0 aliphatic carbocycles. The zero-order chi connectivity index (χ0) is 25.7. The smallest absolute Gasteiger partial charge is 0.272 e. The van der Waals surface area contributed by atoms with Gasteiger partial charge < -0.3 is 0 Å². The zero-order valence-corrected chi connectivity index (χ0v) is 18.8. The minimum Gasteiger partial charge on any atom is -0.272 e. The molecular formula is C21H14N8O6S. The highest BCUT2D eigenvalue weighted by molar-refractivity contribution is 7.99. The van der Waals surface area contributed by atoms with Crippen LogP contribution in [0.3, 0.4) is 0 Å². The van der Waals surface area contributed by atoms with Crippen LogP contribution in [0.5, 0.6) is 0 Å². The lowest BCUT2D eigenvalue weighted by molar-refractivity contribution is -0.393. The highest BCUT2D eigenvalue weighted by Gasteiger charge is 2.20. The Kier molecular flexibility index (Phi) is 6.92. The molecule has 1 heterocycles. The van der Waals surface area contributed by atoms with Gasteiger partial charge in [0.15, 0.2) is 5.82 Å². The Morgan fingerprint density at radius 3 is 2.33 bits per heavy atom. The third-order valence-electron chi connectivity index (χ3n) is 4.68. The molecule has 3 aromatic carbocycles. The van der Waals surface area contributed by atoms with Crippen molar-refractivity contribution in [3.05, 3.63) is 103 Å². The summed E-state index contributed by atoms with van der Waals surface area (Å²) in [6, 6.07) is 16.7. The molecule has 15 heteroatoms. The summed E-state index contributed by atoms with van der Waals surface area (Å²) < 4.78 is 0. The maximum absolute atomic E-state index is 11.6. The molecular weight excluding hydrogens is 492 g/mol. The van der Waals surface area contributed by atoms with Gasteiger partial charge in [0.1, 0.15) is 5.69 Å². The van der Waals surface area contributed by atoms with Gasteiger partial charge in [0.25, 0.3) is 11.4 Å². The van der Waals surface area contributed by atoms with Gasteiger partial charge in [0, 0.05) is 23.3 Å². The molecule has 2 N–H and O–H groups in total. The van der Waals surface area contributed by atoms with E-state index in [4.69, 9.17) is 0 Å². The first-order chi connectivity index (χ1) is 17.3. The summed E-state index contributed by atoms with van der Waals surface area (Å²) in [5, 5.41) is 44.8. The molecule has 0 unspecified atom stereocenters. The van der Waals surface area contributed by atoms with E-state index in [1.165, 1.54) is 18.3 Å². The average Bonchev–Trinajstić information content (AvgIpc) is 3.33. The van der Waals surface area contributed by atoms with E-state index in [0.717, 1.165) is 35.5 Å². The Morgan fingerprint density at radius 2 is 1.64 bits per heavy atom. The van der Waals surface area contributed by atoms with Gasteiger partial charge in [-0.05, 0) is 23.9 Å². The van der Waals surface area contributed by atoms with Crippen molar-refractivity contribution in [3.8, 4) is 11.4 Å². The van der Waals surface area contributed by atoms with Crippen molar-refractivity contribution in [3.63, 3.8) is 0 Å². The highest BCUT2D eigenvalue weighted by Crippen LogP contribution is 2.34. The molecule has 0 atom stereocenters. The van der Waals surface area contributed by atoms with Crippen LogP contribution in [0.4, 0.5) is 22.7 Å². The van der Waals surface area contributed by atoms with E-state index in [-0.39, 0.29) is 11.4 Å². The van der Waals surface area contributed by atoms with Crippen molar-refractivity contribution in [2.24, 2.45) is 5.10 Å². The van der Waals surface area contributed by atoms with E-state index in [9.17, 15) is 30.3 Å². The van der Waals surface area contributed by atoms with Crippen LogP contribution in [0.1, 0.15) is 5.56 Å². The largest absolute Gasteiger partial charge is 0.301 e. The molecule has 0 saturated carbocycles. The first-order valence-corrected chi connectivity index (χ1v) is 10.8. The number of anilines is 1. The fraction of sp³-hybridized carbons (Fsp3) is 0. The van der Waals surface area contributed by atoms with Gasteiger partial charge in [0.2, 0.25) is 5.16 Å². The van der Waals surface area contributed by atoms with Crippen molar-refractivity contribution < 1.29 is 14.8 Å². The van der Waals surface area contributed by atoms with Crippen LogP contribution in [-0.2, 0) is 0 Å². The number of non-ortho nitro benzene ring substituents is 1. The summed E-state index contributed by atoms with van der Waals surface area (Å²) >= 11 is 1.01. The Hall–Kier alpha value is -5.18. The Bertz CT molecular complexity index is 1490. The maximum atomic E-state index is 11.6. The third-order valence-corrected chi connectivity index (χ3v) is 5.61. The second kappa shape index (κ2) is 10.4. The highest BCUT2D eigenvalue weighted by atomic mass is 32.2. The summed E-state index contributed by atoms with van der Waals surface area (Å²) in [5.74, 6) is 0.524. The predicted molar refractivity (Wildman–Crippen MR) is 130 cm³/mol. The van der Waals surface area contributed by atoms with Gasteiger partial charge in [-0.3, -0.25) is 40.9 Å².